The van der Waals surface area contributed by atoms with Crippen LogP contribution in [0, 0.1) is 0 Å². The highest BCUT2D eigenvalue weighted by atomic mass is 32.1. The summed E-state index contributed by atoms with van der Waals surface area (Å²) in [5.74, 6) is 0.148. The van der Waals surface area contributed by atoms with E-state index < -0.39 is 11.2 Å². The number of nitrogens with zero attached hydrogens (tertiary/aromatic N) is 2. The minimum atomic E-state index is -0.525. The highest BCUT2D eigenvalue weighted by Gasteiger charge is 2.21. The SMILES string of the molecule is CCCCn1c(N)c(N(CCC)C(=S)NCc2ccccc2)c(=O)[nH]c1=O. The van der Waals surface area contributed by atoms with E-state index in [-0.39, 0.29) is 11.5 Å². The summed E-state index contributed by atoms with van der Waals surface area (Å²) >= 11 is 5.52. The van der Waals surface area contributed by atoms with Gasteiger partial charge in [-0.15, -0.1) is 0 Å². The molecule has 0 aliphatic rings. The van der Waals surface area contributed by atoms with E-state index >= 15 is 0 Å². The Bertz CT molecular complexity index is 876. The Kier molecular flexibility index (Phi) is 7.60. The molecule has 1 aromatic heterocycles. The second kappa shape index (κ2) is 9.91. The first kappa shape index (κ1) is 20.7. The lowest BCUT2D eigenvalue weighted by Gasteiger charge is -2.26. The average molecular weight is 390 g/mol. The van der Waals surface area contributed by atoms with Gasteiger partial charge in [0.25, 0.3) is 5.56 Å². The van der Waals surface area contributed by atoms with E-state index in [1.807, 2.05) is 44.2 Å². The van der Waals surface area contributed by atoms with Crippen LogP contribution in [0.4, 0.5) is 11.5 Å². The van der Waals surface area contributed by atoms with Crippen LogP contribution in [-0.2, 0) is 13.1 Å². The number of aromatic amines is 1. The quantitative estimate of drug-likeness (QED) is 0.599. The van der Waals surface area contributed by atoms with Crippen LogP contribution in [-0.4, -0.2) is 21.2 Å². The Morgan fingerprint density at radius 3 is 2.56 bits per heavy atom. The second-order valence-corrected chi connectivity index (χ2v) is 6.68. The zero-order valence-electron chi connectivity index (χ0n) is 15.8. The number of rotatable bonds is 8. The van der Waals surface area contributed by atoms with Gasteiger partial charge in [0.15, 0.2) is 10.8 Å². The van der Waals surface area contributed by atoms with Crippen molar-refractivity contribution in [1.29, 1.82) is 0 Å². The second-order valence-electron chi connectivity index (χ2n) is 6.29. The van der Waals surface area contributed by atoms with Crippen LogP contribution in [0.1, 0.15) is 38.7 Å². The van der Waals surface area contributed by atoms with Crippen LogP contribution < -0.4 is 27.2 Å². The van der Waals surface area contributed by atoms with Gasteiger partial charge in [-0.25, -0.2) is 4.79 Å². The lowest BCUT2D eigenvalue weighted by Crippen LogP contribution is -2.45. The van der Waals surface area contributed by atoms with E-state index in [9.17, 15) is 9.59 Å². The summed E-state index contributed by atoms with van der Waals surface area (Å²) < 4.78 is 1.41. The third-order valence-electron chi connectivity index (χ3n) is 4.20. The van der Waals surface area contributed by atoms with Gasteiger partial charge in [-0.3, -0.25) is 14.3 Å². The molecule has 2 rings (SSSR count). The number of aromatic nitrogens is 2. The first-order chi connectivity index (χ1) is 13.0. The van der Waals surface area contributed by atoms with Gasteiger partial charge in [0.1, 0.15) is 5.82 Å². The average Bonchev–Trinajstić information content (AvgIpc) is 2.66. The first-order valence-electron chi connectivity index (χ1n) is 9.21. The molecular weight excluding hydrogens is 362 g/mol. The Labute approximate surface area is 164 Å². The van der Waals surface area contributed by atoms with Crippen LogP contribution in [0.15, 0.2) is 39.9 Å². The molecule has 0 fully saturated rings. The minimum absolute atomic E-state index is 0.148. The summed E-state index contributed by atoms with van der Waals surface area (Å²) in [4.78, 5) is 28.7. The Morgan fingerprint density at radius 1 is 1.22 bits per heavy atom. The van der Waals surface area contributed by atoms with Gasteiger partial charge in [-0.05, 0) is 30.6 Å². The number of hydrogen-bond donors (Lipinski definition) is 3. The molecule has 27 heavy (non-hydrogen) atoms. The molecule has 0 unspecified atom stereocenters. The van der Waals surface area contributed by atoms with Crippen molar-refractivity contribution >= 4 is 28.8 Å². The van der Waals surface area contributed by atoms with Gasteiger partial charge in [-0.2, -0.15) is 0 Å². The summed E-state index contributed by atoms with van der Waals surface area (Å²) in [6.45, 7) is 5.52. The summed E-state index contributed by atoms with van der Waals surface area (Å²) in [6, 6.07) is 9.84. The van der Waals surface area contributed by atoms with E-state index in [0.29, 0.717) is 24.7 Å². The summed E-state index contributed by atoms with van der Waals surface area (Å²) in [5.41, 5.74) is 6.49. The number of anilines is 2. The van der Waals surface area contributed by atoms with Crippen LogP contribution in [0.5, 0.6) is 0 Å². The Hall–Kier alpha value is -2.61. The van der Waals surface area contributed by atoms with E-state index in [2.05, 4.69) is 10.3 Å². The highest BCUT2D eigenvalue weighted by Crippen LogP contribution is 2.18. The molecule has 0 amide bonds. The highest BCUT2D eigenvalue weighted by molar-refractivity contribution is 7.80. The zero-order chi connectivity index (χ0) is 19.8. The van der Waals surface area contributed by atoms with Crippen LogP contribution in [0.3, 0.4) is 0 Å². The lowest BCUT2D eigenvalue weighted by molar-refractivity contribution is 0.604. The Morgan fingerprint density at radius 2 is 1.93 bits per heavy atom. The molecule has 2 aromatic rings. The van der Waals surface area contributed by atoms with E-state index in [1.54, 1.807) is 4.90 Å². The first-order valence-corrected chi connectivity index (χ1v) is 9.62. The molecule has 4 N–H and O–H groups in total. The fourth-order valence-corrected chi connectivity index (χ4v) is 3.04. The standard InChI is InChI=1S/C19H27N5O2S/c1-3-5-12-24-16(20)15(17(25)22-18(24)26)23(11-4-2)19(27)21-13-14-9-7-6-8-10-14/h6-10H,3-5,11-13,20H2,1-2H3,(H,21,27)(H,22,25,26). The number of benzene rings is 1. The van der Waals surface area contributed by atoms with Crippen molar-refractivity contribution < 1.29 is 0 Å². The largest absolute Gasteiger partial charge is 0.383 e. The van der Waals surface area contributed by atoms with Gasteiger partial charge in [-0.1, -0.05) is 50.6 Å². The molecule has 146 valence electrons. The molecular formula is C19H27N5O2S. The number of unbranched alkanes of at least 4 members (excludes halogenated alkanes) is 1. The van der Waals surface area contributed by atoms with Gasteiger partial charge in [0, 0.05) is 19.6 Å². The van der Waals surface area contributed by atoms with Crippen LogP contribution >= 0.6 is 12.2 Å². The minimum Gasteiger partial charge on any atom is -0.383 e. The topological polar surface area (TPSA) is 96.2 Å². The van der Waals surface area contributed by atoms with Crippen LogP contribution in [0.25, 0.3) is 0 Å². The predicted molar refractivity (Wildman–Crippen MR) is 114 cm³/mol. The Balaban J connectivity index is 2.33. The third kappa shape index (κ3) is 5.19. The summed E-state index contributed by atoms with van der Waals surface area (Å²) in [5, 5.41) is 3.58. The molecule has 8 heteroatoms. The van der Waals surface area contributed by atoms with Crippen molar-refractivity contribution in [3.8, 4) is 0 Å². The molecule has 0 aliphatic carbocycles. The molecule has 0 saturated carbocycles. The monoisotopic (exact) mass is 389 g/mol. The van der Waals surface area contributed by atoms with Gasteiger partial charge >= 0.3 is 5.69 Å². The van der Waals surface area contributed by atoms with Crippen molar-refractivity contribution in [3.05, 3.63) is 56.7 Å². The van der Waals surface area contributed by atoms with Crippen molar-refractivity contribution in [2.45, 2.75) is 46.2 Å². The molecule has 0 aliphatic heterocycles. The molecule has 1 aromatic carbocycles. The maximum atomic E-state index is 12.5. The number of nitrogens with one attached hydrogen (secondary N) is 2. The number of H-pyrrole nitrogens is 1. The van der Waals surface area contributed by atoms with Gasteiger partial charge in [0.05, 0.1) is 0 Å². The normalized spacial score (nSPS) is 10.6. The van der Waals surface area contributed by atoms with Crippen molar-refractivity contribution in [2.24, 2.45) is 0 Å². The predicted octanol–water partition coefficient (Wildman–Crippen LogP) is 2.21. The van der Waals surface area contributed by atoms with Gasteiger partial charge in [0.2, 0.25) is 0 Å². The maximum Gasteiger partial charge on any atom is 0.330 e. The van der Waals surface area contributed by atoms with Crippen molar-refractivity contribution in [2.75, 3.05) is 17.2 Å². The molecule has 0 saturated heterocycles. The van der Waals surface area contributed by atoms with Crippen molar-refractivity contribution in [1.82, 2.24) is 14.9 Å². The lowest BCUT2D eigenvalue weighted by atomic mass is 10.2. The number of nitrogens with two attached hydrogens (primary N) is 1. The van der Waals surface area contributed by atoms with Crippen molar-refractivity contribution in [3.63, 3.8) is 0 Å². The van der Waals surface area contributed by atoms with Crippen LogP contribution in [0.2, 0.25) is 0 Å². The maximum absolute atomic E-state index is 12.5. The third-order valence-corrected chi connectivity index (χ3v) is 4.56. The summed E-state index contributed by atoms with van der Waals surface area (Å²) in [7, 11) is 0. The van der Waals surface area contributed by atoms with Gasteiger partial charge < -0.3 is 16.0 Å². The number of thiocarbonyl (C=S) groups is 1. The fourth-order valence-electron chi connectivity index (χ4n) is 2.78. The van der Waals surface area contributed by atoms with E-state index in [1.165, 1.54) is 4.57 Å². The molecule has 0 radical (unpaired) electrons. The number of nitrogen functional groups attached to an aromatic ring is 1. The molecule has 1 heterocycles. The molecule has 0 spiro atoms. The number of hydrogen-bond acceptors (Lipinski definition) is 4. The molecule has 0 bridgehead atoms. The molecule has 0 atom stereocenters. The van der Waals surface area contributed by atoms with E-state index in [0.717, 1.165) is 24.8 Å². The van der Waals surface area contributed by atoms with E-state index in [4.69, 9.17) is 18.0 Å². The molecule has 7 nitrogen and oxygen atoms in total. The summed E-state index contributed by atoms with van der Waals surface area (Å²) in [6.07, 6.45) is 2.47. The zero-order valence-corrected chi connectivity index (χ0v) is 16.6. The smallest absolute Gasteiger partial charge is 0.330 e. The fraction of sp³-hybridized carbons (Fsp3) is 0.421.